The number of hydrogen-bond acceptors (Lipinski definition) is 15. The number of benzene rings is 3. The molecule has 1 aromatic heterocycles. The summed E-state index contributed by atoms with van der Waals surface area (Å²) in [6.07, 6.45) is 6.03. The number of allylic oxidation sites excluding steroid dienone is 2. The number of Topliss-reactive ketones (excluding diaryl/α,β-unsaturated/α-hetero) is 1. The second-order valence-corrected chi connectivity index (χ2v) is 16.9. The van der Waals surface area contributed by atoms with Crippen LogP contribution in [0.5, 0.6) is 23.0 Å². The number of ether oxygens (including phenoxy) is 4. The van der Waals surface area contributed by atoms with Gasteiger partial charge in [0.15, 0.2) is 5.75 Å². The van der Waals surface area contributed by atoms with Gasteiger partial charge >= 0.3 is 11.8 Å². The van der Waals surface area contributed by atoms with E-state index >= 15 is 0 Å². The molecule has 340 valence electrons. The normalized spacial score (nSPS) is 28.7. The van der Waals surface area contributed by atoms with E-state index in [-0.39, 0.29) is 44.5 Å². The molecule has 3 aromatic carbocycles. The number of halogens is 1. The first-order valence-electron chi connectivity index (χ1n) is 20.6. The van der Waals surface area contributed by atoms with Gasteiger partial charge < -0.3 is 49.8 Å². The molecule has 64 heavy (non-hydrogen) atoms. The maximum atomic E-state index is 14.5. The van der Waals surface area contributed by atoms with Gasteiger partial charge in [-0.3, -0.25) is 24.8 Å². The van der Waals surface area contributed by atoms with Crippen molar-refractivity contribution in [1.29, 1.82) is 0 Å². The number of pyridine rings is 1. The summed E-state index contributed by atoms with van der Waals surface area (Å²) in [7, 11) is 1.42. The molecule has 16 nitrogen and oxygen atoms in total. The van der Waals surface area contributed by atoms with Crippen molar-refractivity contribution in [3.63, 3.8) is 0 Å². The number of aliphatic hydroxyl groups excluding tert-OH is 2. The number of anilines is 2. The first kappa shape index (κ1) is 47.3. The predicted octanol–water partition coefficient (Wildman–Crippen LogP) is 7.40. The molecule has 3 aliphatic heterocycles. The Bertz CT molecular complexity index is 2630. The van der Waals surface area contributed by atoms with Crippen LogP contribution in [0.3, 0.4) is 0 Å². The summed E-state index contributed by atoms with van der Waals surface area (Å²) < 4.78 is 23.6. The molecule has 0 radical (unpaired) electrons. The molecule has 4 heterocycles. The van der Waals surface area contributed by atoms with Gasteiger partial charge in [0.25, 0.3) is 11.7 Å². The molecule has 0 saturated carbocycles. The zero-order chi connectivity index (χ0) is 46.9. The number of aliphatic hydroxyl groups is 2. The van der Waals surface area contributed by atoms with Crippen LogP contribution in [0, 0.1) is 30.6 Å². The van der Waals surface area contributed by atoms with Crippen LogP contribution < -0.4 is 15.5 Å². The number of amides is 1. The highest BCUT2D eigenvalue weighted by Gasteiger charge is 2.50. The van der Waals surface area contributed by atoms with Gasteiger partial charge in [-0.25, -0.2) is 0 Å². The van der Waals surface area contributed by atoms with Crippen LogP contribution in [0.25, 0.3) is 21.7 Å². The first-order chi connectivity index (χ1) is 30.2. The minimum absolute atomic E-state index is 0.0179. The van der Waals surface area contributed by atoms with E-state index in [1.54, 1.807) is 64.1 Å². The quantitative estimate of drug-likeness (QED) is 0.0340. The molecular formula is C47H53ClN4O12. The summed E-state index contributed by atoms with van der Waals surface area (Å²) in [6.45, 7) is 12.4. The highest BCUT2D eigenvalue weighted by Crippen LogP contribution is 2.55. The highest BCUT2D eigenvalue weighted by atomic mass is 35.5. The second kappa shape index (κ2) is 18.9. The fourth-order valence-electron chi connectivity index (χ4n) is 8.26. The molecule has 4 aromatic rings. The first-order valence-corrected chi connectivity index (χ1v) is 21.0. The van der Waals surface area contributed by atoms with E-state index in [9.17, 15) is 39.9 Å². The lowest BCUT2D eigenvalue weighted by Crippen LogP contribution is -2.46. The maximum Gasteiger partial charge on any atom is 0.312 e. The largest absolute Gasteiger partial charge is 0.507 e. The van der Waals surface area contributed by atoms with Crippen LogP contribution in [0.1, 0.15) is 70.0 Å². The van der Waals surface area contributed by atoms with Crippen molar-refractivity contribution < 1.29 is 58.9 Å². The molecule has 9 atom stereocenters. The number of methoxy groups -OCH3 is 1. The zero-order valence-corrected chi connectivity index (χ0v) is 37.6. The highest BCUT2D eigenvalue weighted by molar-refractivity contribution is 6.31. The van der Waals surface area contributed by atoms with E-state index in [4.69, 9.17) is 30.5 Å². The predicted molar refractivity (Wildman–Crippen MR) is 242 cm³/mol. The standard InChI is InChI=1S/C47H53ClN4O12/c1-21-11-10-12-22(2)46(60)51-37-30(20-50-52-31-15-17-49-32-19-28(48)13-14-29(31)32)41(57)34-35(42(37)58)40(56)26(6)44-36(34)45(59)47(8,64-44)62-18-16-33(61-9)23(3)43(63-27(7)53)25(5)39(55)24(4)38(21)54/h10-21,23-25,33,38-39,43,54-58H,1-9H3,(H,49,52)(H,51,60)/b11-10+,18-16+,22-12-,50-20+/t21-,23+,24+,25+,33-,38-,39+,43+,47-/m0/s1. The number of carbonyl (C=O) groups excluding carboxylic acids is 3. The minimum atomic E-state index is -2.09. The monoisotopic (exact) mass is 900 g/mol. The summed E-state index contributed by atoms with van der Waals surface area (Å²) in [4.78, 5) is 45.1. The lowest BCUT2D eigenvalue weighted by atomic mass is 9.78. The molecule has 7 rings (SSSR count). The molecule has 3 aliphatic rings. The number of fused-ring (bicyclic) bond motifs is 15. The van der Waals surface area contributed by atoms with Crippen LogP contribution in [0.15, 0.2) is 71.7 Å². The average molecular weight is 901 g/mol. The van der Waals surface area contributed by atoms with Crippen molar-refractivity contribution in [2.75, 3.05) is 17.9 Å². The van der Waals surface area contributed by atoms with Crippen LogP contribution in [-0.2, 0) is 23.8 Å². The summed E-state index contributed by atoms with van der Waals surface area (Å²) in [5, 5.41) is 66.2. The Morgan fingerprint density at radius 3 is 2.39 bits per heavy atom. The van der Waals surface area contributed by atoms with Gasteiger partial charge in [-0.05, 0) is 44.2 Å². The molecule has 0 saturated heterocycles. The number of carbonyl (C=O) groups is 3. The molecule has 5 bridgehead atoms. The van der Waals surface area contributed by atoms with E-state index in [2.05, 4.69) is 20.8 Å². The number of phenols is 3. The number of phenolic OH excluding ortho intramolecular Hbond substituents is 3. The number of rotatable bonds is 5. The van der Waals surface area contributed by atoms with E-state index < -0.39 is 88.8 Å². The van der Waals surface area contributed by atoms with E-state index in [1.807, 2.05) is 0 Å². The second-order valence-electron chi connectivity index (χ2n) is 16.5. The van der Waals surface area contributed by atoms with Crippen molar-refractivity contribution in [2.45, 2.75) is 85.6 Å². The van der Waals surface area contributed by atoms with Crippen LogP contribution >= 0.6 is 11.6 Å². The third-order valence-corrected chi connectivity index (χ3v) is 12.4. The van der Waals surface area contributed by atoms with Crippen molar-refractivity contribution in [1.82, 2.24) is 4.98 Å². The Labute approximate surface area is 374 Å². The zero-order valence-electron chi connectivity index (χ0n) is 36.8. The fourth-order valence-corrected chi connectivity index (χ4v) is 8.42. The van der Waals surface area contributed by atoms with Gasteiger partial charge in [0.1, 0.15) is 23.4 Å². The number of hydrazone groups is 1. The molecule has 7 N–H and O–H groups in total. The number of ketones is 1. The lowest BCUT2D eigenvalue weighted by Gasteiger charge is -2.38. The Kier molecular flexibility index (Phi) is 13.9. The summed E-state index contributed by atoms with van der Waals surface area (Å²) in [6, 6.07) is 6.73. The molecule has 0 fully saturated rings. The molecule has 0 aliphatic carbocycles. The van der Waals surface area contributed by atoms with Gasteiger partial charge in [-0.2, -0.15) is 5.10 Å². The smallest absolute Gasteiger partial charge is 0.312 e. The summed E-state index contributed by atoms with van der Waals surface area (Å²) in [5.41, 5.74) is 3.26. The van der Waals surface area contributed by atoms with Crippen LogP contribution in [0.2, 0.25) is 5.02 Å². The van der Waals surface area contributed by atoms with Gasteiger partial charge in [0.05, 0.1) is 64.2 Å². The van der Waals surface area contributed by atoms with Crippen LogP contribution in [0.4, 0.5) is 11.4 Å². The van der Waals surface area contributed by atoms with Crippen molar-refractivity contribution in [2.24, 2.45) is 28.8 Å². The van der Waals surface area contributed by atoms with Crippen molar-refractivity contribution in [3.8, 4) is 23.0 Å². The van der Waals surface area contributed by atoms with Gasteiger partial charge in [0.2, 0.25) is 0 Å². The third-order valence-electron chi connectivity index (χ3n) is 12.1. The molecule has 1 amide bonds. The van der Waals surface area contributed by atoms with Gasteiger partial charge in [-0.1, -0.05) is 57.5 Å². The van der Waals surface area contributed by atoms with E-state index in [0.29, 0.717) is 21.6 Å². The topological polar surface area (TPSA) is 239 Å². The Hall–Kier alpha value is -6.20. The average Bonchev–Trinajstić information content (AvgIpc) is 3.52. The van der Waals surface area contributed by atoms with Crippen LogP contribution in [-0.4, -0.2) is 91.7 Å². The lowest BCUT2D eigenvalue weighted by molar-refractivity contribution is -0.160. The maximum absolute atomic E-state index is 14.5. The number of nitrogens with zero attached hydrogens (tertiary/aromatic N) is 2. The van der Waals surface area contributed by atoms with E-state index in [0.717, 1.165) is 6.21 Å². The van der Waals surface area contributed by atoms with E-state index in [1.165, 1.54) is 59.4 Å². The molecular weight excluding hydrogens is 848 g/mol. The molecule has 17 heteroatoms. The minimum Gasteiger partial charge on any atom is -0.507 e. The number of esters is 1. The van der Waals surface area contributed by atoms with Crippen molar-refractivity contribution in [3.05, 3.63) is 88.3 Å². The van der Waals surface area contributed by atoms with Gasteiger partial charge in [0, 0.05) is 77.8 Å². The number of nitrogens with one attached hydrogen (secondary N) is 2. The Morgan fingerprint density at radius 2 is 1.70 bits per heavy atom. The Morgan fingerprint density at radius 1 is 0.984 bits per heavy atom. The third kappa shape index (κ3) is 8.95. The van der Waals surface area contributed by atoms with Crippen molar-refractivity contribution >= 4 is 68.5 Å². The summed E-state index contributed by atoms with van der Waals surface area (Å²) in [5.74, 6) is -8.85. The SMILES string of the molecule is CO[C@H]1/C=C/O[C@@]2(C)Oc3c(C)c(O)c4c(O)c(c(/C=N/Nc5ccnc6cc(Cl)ccc56)c(O)c4c3C2=O)NC(=O)/C(C)=C\C=C\[C@H](C)[C@H](O)[C@@H](C)[C@@H](O)[C@@H](C)[C@H](OC(C)=O)[C@@H]1C. The summed E-state index contributed by atoms with van der Waals surface area (Å²) >= 11 is 6.18. The molecule has 0 unspecified atom stereocenters. The number of aromatic nitrogens is 1. The Balaban J connectivity index is 1.53. The number of aromatic hydroxyl groups is 3. The number of hydrogen-bond donors (Lipinski definition) is 7. The fraction of sp³-hybridized carbons (Fsp3) is 0.383. The molecule has 0 spiro atoms. The van der Waals surface area contributed by atoms with Gasteiger partial charge in [-0.15, -0.1) is 0 Å².